The molecule has 156 valence electrons. The second kappa shape index (κ2) is 11.2. The average Bonchev–Trinajstić information content (AvgIpc) is 2.86. The molecule has 1 heterocycles. The molecule has 0 bridgehead atoms. The van der Waals surface area contributed by atoms with Crippen LogP contribution in [-0.4, -0.2) is 67.8 Å². The van der Waals surface area contributed by atoms with Crippen molar-refractivity contribution >= 4 is 13.1 Å². The molecule has 0 unspecified atom stereocenters. The van der Waals surface area contributed by atoms with E-state index in [2.05, 4.69) is 5.32 Å². The molecule has 0 aliphatic carbocycles. The van der Waals surface area contributed by atoms with Gasteiger partial charge in [-0.1, -0.05) is 26.3 Å². The minimum Gasteiger partial charge on any atom is -0.464 e. The topological polar surface area (TPSA) is 97.3 Å². The summed E-state index contributed by atoms with van der Waals surface area (Å²) in [5, 5.41) is 22.6. The Balaban J connectivity index is 2.80. The van der Waals surface area contributed by atoms with Crippen LogP contribution in [0.25, 0.3) is 0 Å². The van der Waals surface area contributed by atoms with E-state index in [9.17, 15) is 14.8 Å². The Morgan fingerprint density at radius 3 is 2.26 bits per heavy atom. The standard InChI is InChI=1S/C19H36BNO6/c1-7-16(20(23)24)14(4)19(5,6)21-17(13(2)3)18(22)27-12-15-10-25-8-9-26-11-15/h13,15,17,21,23-24H,7-12H2,1-6H3/b16-14+/t17-/m0/s1. The molecular weight excluding hydrogens is 349 g/mol. The lowest BCUT2D eigenvalue weighted by atomic mass is 9.71. The van der Waals surface area contributed by atoms with Crippen molar-refractivity contribution in [2.75, 3.05) is 33.0 Å². The Bertz CT molecular complexity index is 498. The average molecular weight is 385 g/mol. The molecule has 0 aromatic heterocycles. The van der Waals surface area contributed by atoms with E-state index in [-0.39, 0.29) is 24.4 Å². The zero-order valence-electron chi connectivity index (χ0n) is 17.6. The normalized spacial score (nSPS) is 18.7. The van der Waals surface area contributed by atoms with Gasteiger partial charge in [0.15, 0.2) is 0 Å². The van der Waals surface area contributed by atoms with Crippen LogP contribution in [0.15, 0.2) is 11.0 Å². The number of nitrogens with one attached hydrogen (secondary N) is 1. The Morgan fingerprint density at radius 2 is 1.81 bits per heavy atom. The van der Waals surface area contributed by atoms with Gasteiger partial charge in [-0.25, -0.2) is 0 Å². The van der Waals surface area contributed by atoms with Gasteiger partial charge in [0.1, 0.15) is 6.04 Å². The van der Waals surface area contributed by atoms with Gasteiger partial charge >= 0.3 is 13.1 Å². The number of esters is 1. The van der Waals surface area contributed by atoms with Crippen molar-refractivity contribution in [1.82, 2.24) is 5.32 Å². The van der Waals surface area contributed by atoms with Crippen LogP contribution in [0.5, 0.6) is 0 Å². The largest absolute Gasteiger partial charge is 0.484 e. The molecule has 1 fully saturated rings. The fraction of sp³-hybridized carbons (Fsp3) is 0.842. The van der Waals surface area contributed by atoms with E-state index in [4.69, 9.17) is 14.2 Å². The first-order chi connectivity index (χ1) is 12.6. The number of rotatable bonds is 9. The molecule has 0 aromatic carbocycles. The maximum absolute atomic E-state index is 12.7. The third-order valence-corrected chi connectivity index (χ3v) is 5.09. The first kappa shape index (κ1) is 24.1. The fourth-order valence-electron chi connectivity index (χ4n) is 3.09. The van der Waals surface area contributed by atoms with Crippen LogP contribution in [0.4, 0.5) is 0 Å². The minimum atomic E-state index is -1.50. The van der Waals surface area contributed by atoms with Crippen molar-refractivity contribution in [3.05, 3.63) is 11.0 Å². The van der Waals surface area contributed by atoms with Gasteiger partial charge in [-0.2, -0.15) is 0 Å². The highest BCUT2D eigenvalue weighted by molar-refractivity contribution is 6.50. The third-order valence-electron chi connectivity index (χ3n) is 5.09. The highest BCUT2D eigenvalue weighted by atomic mass is 16.6. The molecule has 1 rings (SSSR count). The van der Waals surface area contributed by atoms with Crippen LogP contribution in [0, 0.1) is 11.8 Å². The van der Waals surface area contributed by atoms with Crippen molar-refractivity contribution in [3.63, 3.8) is 0 Å². The highest BCUT2D eigenvalue weighted by Gasteiger charge is 2.34. The van der Waals surface area contributed by atoms with E-state index >= 15 is 0 Å². The van der Waals surface area contributed by atoms with Gasteiger partial charge < -0.3 is 24.3 Å². The van der Waals surface area contributed by atoms with Crippen LogP contribution in [-0.2, 0) is 19.0 Å². The lowest BCUT2D eigenvalue weighted by molar-refractivity contribution is -0.150. The first-order valence-corrected chi connectivity index (χ1v) is 9.76. The van der Waals surface area contributed by atoms with Gasteiger partial charge in [-0.05, 0) is 38.6 Å². The Labute approximate surface area is 163 Å². The summed E-state index contributed by atoms with van der Waals surface area (Å²) in [6, 6.07) is -0.517. The van der Waals surface area contributed by atoms with Gasteiger partial charge in [0.25, 0.3) is 0 Å². The highest BCUT2D eigenvalue weighted by Crippen LogP contribution is 2.24. The fourth-order valence-corrected chi connectivity index (χ4v) is 3.09. The zero-order valence-corrected chi connectivity index (χ0v) is 17.6. The second-order valence-electron chi connectivity index (χ2n) is 8.01. The molecule has 0 saturated carbocycles. The van der Waals surface area contributed by atoms with Gasteiger partial charge in [0.2, 0.25) is 0 Å². The number of carbonyl (C=O) groups excluding carboxylic acids is 1. The maximum Gasteiger partial charge on any atom is 0.484 e. The van der Waals surface area contributed by atoms with E-state index in [1.54, 1.807) is 0 Å². The summed E-state index contributed by atoms with van der Waals surface area (Å²) in [7, 11) is -1.50. The molecule has 1 atom stereocenters. The van der Waals surface area contributed by atoms with Gasteiger partial charge in [-0.3, -0.25) is 10.1 Å². The molecule has 0 amide bonds. The van der Waals surface area contributed by atoms with Gasteiger partial charge in [0.05, 0.1) is 33.0 Å². The molecule has 1 aliphatic heterocycles. The van der Waals surface area contributed by atoms with Gasteiger partial charge in [0, 0.05) is 11.5 Å². The Hall–Kier alpha value is -0.925. The molecule has 0 radical (unpaired) electrons. The smallest absolute Gasteiger partial charge is 0.464 e. The predicted molar refractivity (Wildman–Crippen MR) is 105 cm³/mol. The van der Waals surface area contributed by atoms with E-state index < -0.39 is 18.7 Å². The quantitative estimate of drug-likeness (QED) is 0.407. The Morgan fingerprint density at radius 1 is 1.26 bits per heavy atom. The van der Waals surface area contributed by atoms with Crippen LogP contribution in [0.3, 0.4) is 0 Å². The third kappa shape index (κ3) is 7.54. The molecule has 1 aliphatic rings. The summed E-state index contributed by atoms with van der Waals surface area (Å²) in [5.41, 5.74) is 0.762. The number of hydrogen-bond donors (Lipinski definition) is 3. The summed E-state index contributed by atoms with van der Waals surface area (Å²) in [6.07, 6.45) is 0.521. The molecule has 0 aromatic rings. The lowest BCUT2D eigenvalue weighted by Crippen LogP contribution is -2.53. The lowest BCUT2D eigenvalue weighted by Gasteiger charge is -2.35. The van der Waals surface area contributed by atoms with E-state index in [1.165, 1.54) is 0 Å². The van der Waals surface area contributed by atoms with Crippen LogP contribution >= 0.6 is 0 Å². The number of allylic oxidation sites excluding steroid dienone is 1. The molecule has 27 heavy (non-hydrogen) atoms. The van der Waals surface area contributed by atoms with Crippen LogP contribution in [0.1, 0.15) is 48.0 Å². The first-order valence-electron chi connectivity index (χ1n) is 9.76. The molecule has 1 saturated heterocycles. The summed E-state index contributed by atoms with van der Waals surface area (Å²) >= 11 is 0. The summed E-state index contributed by atoms with van der Waals surface area (Å²) in [4.78, 5) is 12.7. The van der Waals surface area contributed by atoms with Crippen molar-refractivity contribution in [2.45, 2.75) is 59.5 Å². The summed E-state index contributed by atoms with van der Waals surface area (Å²) in [6.45, 7) is 13.9. The number of hydrogen-bond acceptors (Lipinski definition) is 7. The van der Waals surface area contributed by atoms with Crippen molar-refractivity contribution in [2.24, 2.45) is 11.8 Å². The monoisotopic (exact) mass is 385 g/mol. The van der Waals surface area contributed by atoms with Crippen LogP contribution in [0.2, 0.25) is 0 Å². The zero-order chi connectivity index (χ0) is 20.6. The van der Waals surface area contributed by atoms with E-state index in [0.717, 1.165) is 5.57 Å². The second-order valence-corrected chi connectivity index (χ2v) is 8.01. The van der Waals surface area contributed by atoms with Gasteiger partial charge in [-0.15, -0.1) is 0 Å². The summed E-state index contributed by atoms with van der Waals surface area (Å²) in [5.74, 6) is -0.275. The number of carbonyl (C=O) groups is 1. The molecule has 0 spiro atoms. The van der Waals surface area contributed by atoms with Crippen LogP contribution < -0.4 is 5.32 Å². The molecule has 3 N–H and O–H groups in total. The summed E-state index contributed by atoms with van der Waals surface area (Å²) < 4.78 is 16.4. The maximum atomic E-state index is 12.7. The Kier molecular flexibility index (Phi) is 9.97. The predicted octanol–water partition coefficient (Wildman–Crippen LogP) is 1.32. The van der Waals surface area contributed by atoms with E-state index in [0.29, 0.717) is 38.3 Å². The minimum absolute atomic E-state index is 0.00957. The molecule has 8 heteroatoms. The van der Waals surface area contributed by atoms with E-state index in [1.807, 2.05) is 41.5 Å². The van der Waals surface area contributed by atoms with Crippen molar-refractivity contribution in [1.29, 1.82) is 0 Å². The van der Waals surface area contributed by atoms with Crippen molar-refractivity contribution in [3.8, 4) is 0 Å². The molecular formula is C19H36BNO6. The SMILES string of the molecule is CC/C(B(O)O)=C(/C)C(C)(C)N[C@H](C(=O)OCC1COCCOC1)C(C)C. The number of ether oxygens (including phenoxy) is 3. The molecule has 7 nitrogen and oxygen atoms in total. The van der Waals surface area contributed by atoms with Crippen molar-refractivity contribution < 1.29 is 29.1 Å².